The van der Waals surface area contributed by atoms with Crippen LogP contribution in [0.25, 0.3) is 0 Å². The van der Waals surface area contributed by atoms with Gasteiger partial charge in [-0.3, -0.25) is 9.98 Å². The van der Waals surface area contributed by atoms with Crippen LogP contribution in [0.4, 0.5) is 0 Å². The van der Waals surface area contributed by atoms with Gasteiger partial charge >= 0.3 is 0 Å². The van der Waals surface area contributed by atoms with E-state index in [0.29, 0.717) is 42.4 Å². The molecule has 2 rings (SSSR count). The topological polar surface area (TPSA) is 83.6 Å². The normalized spacial score (nSPS) is 12.3. The van der Waals surface area contributed by atoms with Crippen LogP contribution < -0.4 is 9.47 Å². The zero-order valence-corrected chi connectivity index (χ0v) is 30.1. The van der Waals surface area contributed by atoms with E-state index in [9.17, 15) is 10.2 Å². The largest absolute Gasteiger partial charge is 0.504 e. The summed E-state index contributed by atoms with van der Waals surface area (Å²) in [6.45, 7) is 8.16. The van der Waals surface area contributed by atoms with Crippen molar-refractivity contribution in [2.45, 2.75) is 155 Å². The van der Waals surface area contributed by atoms with Crippen molar-refractivity contribution in [2.75, 3.05) is 19.8 Å². The SMILES string of the molecule is CCCCCCCCCCCCOc1cccc(C=NCC(C)N=Cc2cccc(OCCCCCCCCCCCC)c2O)c1O. The number of nitrogens with zero attached hydrogens (tertiary/aromatic N) is 2. The molecule has 2 aromatic rings. The van der Waals surface area contributed by atoms with E-state index < -0.39 is 0 Å². The molecule has 0 fully saturated rings. The molecule has 264 valence electrons. The quantitative estimate of drug-likeness (QED) is 0.0678. The van der Waals surface area contributed by atoms with Crippen LogP contribution in [0.15, 0.2) is 46.4 Å². The maximum Gasteiger partial charge on any atom is 0.166 e. The maximum absolute atomic E-state index is 10.7. The minimum absolute atomic E-state index is 0.0974. The smallest absolute Gasteiger partial charge is 0.166 e. The molecule has 0 aliphatic carbocycles. The minimum Gasteiger partial charge on any atom is -0.504 e. The van der Waals surface area contributed by atoms with Gasteiger partial charge in [-0.2, -0.15) is 0 Å². The van der Waals surface area contributed by atoms with E-state index in [-0.39, 0.29) is 17.5 Å². The highest BCUT2D eigenvalue weighted by molar-refractivity contribution is 5.85. The van der Waals surface area contributed by atoms with Gasteiger partial charge in [0.05, 0.1) is 25.8 Å². The Morgan fingerprint density at radius 2 is 0.936 bits per heavy atom. The predicted octanol–water partition coefficient (Wildman–Crippen LogP) is 11.6. The molecule has 0 saturated carbocycles. The Hall–Kier alpha value is -3.02. The number of phenolic OH excluding ortho intramolecular Hbond substituents is 2. The number of unbranched alkanes of at least 4 members (excludes halogenated alkanes) is 18. The van der Waals surface area contributed by atoms with E-state index in [0.717, 1.165) is 25.7 Å². The van der Waals surface area contributed by atoms with E-state index in [1.165, 1.54) is 103 Å². The number of para-hydroxylation sites is 2. The van der Waals surface area contributed by atoms with E-state index in [4.69, 9.17) is 9.47 Å². The van der Waals surface area contributed by atoms with Crippen LogP contribution in [0, 0.1) is 0 Å². The second kappa shape index (κ2) is 27.0. The van der Waals surface area contributed by atoms with Gasteiger partial charge in [-0.15, -0.1) is 0 Å². The average molecular weight is 651 g/mol. The zero-order chi connectivity index (χ0) is 33.8. The highest BCUT2D eigenvalue weighted by Crippen LogP contribution is 2.30. The van der Waals surface area contributed by atoms with Gasteiger partial charge in [-0.1, -0.05) is 142 Å². The van der Waals surface area contributed by atoms with Crippen LogP contribution in [-0.2, 0) is 0 Å². The summed E-state index contributed by atoms with van der Waals surface area (Å²) in [5.41, 5.74) is 1.26. The molecule has 0 heterocycles. The summed E-state index contributed by atoms with van der Waals surface area (Å²) in [7, 11) is 0. The molecule has 47 heavy (non-hydrogen) atoms. The molecule has 1 atom stereocenters. The molecule has 0 spiro atoms. The number of aromatic hydroxyl groups is 2. The molecule has 0 amide bonds. The fraction of sp³-hybridized carbons (Fsp3) is 0.659. The number of benzene rings is 2. The lowest BCUT2D eigenvalue weighted by Gasteiger charge is -2.10. The van der Waals surface area contributed by atoms with E-state index >= 15 is 0 Å². The van der Waals surface area contributed by atoms with Crippen molar-refractivity contribution < 1.29 is 19.7 Å². The van der Waals surface area contributed by atoms with E-state index in [1.54, 1.807) is 24.6 Å². The summed E-state index contributed by atoms with van der Waals surface area (Å²) < 4.78 is 11.8. The van der Waals surface area contributed by atoms with Crippen LogP contribution in [0.1, 0.15) is 160 Å². The van der Waals surface area contributed by atoms with Crippen LogP contribution in [-0.4, -0.2) is 48.4 Å². The van der Waals surface area contributed by atoms with Crippen molar-refractivity contribution in [3.05, 3.63) is 47.5 Å². The van der Waals surface area contributed by atoms with E-state index in [2.05, 4.69) is 23.8 Å². The van der Waals surface area contributed by atoms with Crippen LogP contribution in [0.5, 0.6) is 23.0 Å². The Morgan fingerprint density at radius 1 is 0.553 bits per heavy atom. The summed E-state index contributed by atoms with van der Waals surface area (Å²) in [6.07, 6.45) is 29.0. The molecule has 0 radical (unpaired) electrons. The summed E-state index contributed by atoms with van der Waals surface area (Å²) in [6, 6.07) is 10.9. The minimum atomic E-state index is -0.0974. The predicted molar refractivity (Wildman–Crippen MR) is 200 cm³/mol. The van der Waals surface area contributed by atoms with Crippen molar-refractivity contribution in [1.29, 1.82) is 0 Å². The highest BCUT2D eigenvalue weighted by Gasteiger charge is 2.09. The molecular weight excluding hydrogens is 584 g/mol. The maximum atomic E-state index is 10.7. The van der Waals surface area contributed by atoms with Crippen molar-refractivity contribution in [2.24, 2.45) is 9.98 Å². The third-order valence-electron chi connectivity index (χ3n) is 8.64. The van der Waals surface area contributed by atoms with Gasteiger partial charge in [0.2, 0.25) is 0 Å². The van der Waals surface area contributed by atoms with Crippen molar-refractivity contribution >= 4 is 12.4 Å². The second-order valence-electron chi connectivity index (χ2n) is 13.1. The molecule has 0 aliphatic heterocycles. The Balaban J connectivity index is 1.66. The first-order chi connectivity index (χ1) is 23.1. The van der Waals surface area contributed by atoms with Crippen LogP contribution in [0.2, 0.25) is 0 Å². The lowest BCUT2D eigenvalue weighted by molar-refractivity contribution is 0.288. The zero-order valence-electron chi connectivity index (χ0n) is 30.1. The summed E-state index contributed by atoms with van der Waals surface area (Å²) in [4.78, 5) is 9.09. The Labute approximate surface area is 287 Å². The molecule has 0 saturated heterocycles. The fourth-order valence-corrected chi connectivity index (χ4v) is 5.62. The Morgan fingerprint density at radius 3 is 1.36 bits per heavy atom. The van der Waals surface area contributed by atoms with Crippen molar-refractivity contribution in [3.8, 4) is 23.0 Å². The molecule has 0 aromatic heterocycles. The van der Waals surface area contributed by atoms with Gasteiger partial charge in [0.25, 0.3) is 0 Å². The summed E-state index contributed by atoms with van der Waals surface area (Å²) >= 11 is 0. The first-order valence-electron chi connectivity index (χ1n) is 19.0. The van der Waals surface area contributed by atoms with Crippen molar-refractivity contribution in [3.63, 3.8) is 0 Å². The first-order valence-corrected chi connectivity index (χ1v) is 19.0. The molecule has 2 aromatic carbocycles. The lowest BCUT2D eigenvalue weighted by atomic mass is 10.1. The van der Waals surface area contributed by atoms with E-state index in [1.807, 2.05) is 31.2 Å². The summed E-state index contributed by atoms with van der Waals surface area (Å²) in [5.74, 6) is 1.25. The Kier molecular flexibility index (Phi) is 23.1. The number of aliphatic imine (C=N–C) groups is 2. The molecular formula is C41H66N2O4. The number of ether oxygens (including phenoxy) is 2. The van der Waals surface area contributed by atoms with Gasteiger partial charge in [-0.05, 0) is 44.0 Å². The molecule has 2 N–H and O–H groups in total. The van der Waals surface area contributed by atoms with Gasteiger partial charge < -0.3 is 19.7 Å². The average Bonchev–Trinajstić information content (AvgIpc) is 3.07. The summed E-state index contributed by atoms with van der Waals surface area (Å²) in [5, 5.41) is 21.4. The highest BCUT2D eigenvalue weighted by atomic mass is 16.5. The van der Waals surface area contributed by atoms with Crippen LogP contribution in [0.3, 0.4) is 0 Å². The lowest BCUT2D eigenvalue weighted by Crippen LogP contribution is -2.04. The third kappa shape index (κ3) is 18.8. The standard InChI is InChI=1S/C41H66N2O4/c1-4-6-8-10-12-14-16-18-20-22-30-46-38-28-24-26-36(40(38)44)33-42-32-35(3)43-34-37-27-25-29-39(41(37)45)47-31-23-21-19-17-15-13-11-9-7-5-2/h24-29,33-35,44-45H,4-23,30-32H2,1-3H3. The second-order valence-corrected chi connectivity index (χ2v) is 13.1. The fourth-order valence-electron chi connectivity index (χ4n) is 5.62. The number of phenols is 2. The van der Waals surface area contributed by atoms with Gasteiger partial charge in [-0.25, -0.2) is 0 Å². The van der Waals surface area contributed by atoms with Gasteiger partial charge in [0.15, 0.2) is 23.0 Å². The third-order valence-corrected chi connectivity index (χ3v) is 8.64. The Bertz CT molecular complexity index is 1120. The molecule has 0 aliphatic rings. The van der Waals surface area contributed by atoms with Gasteiger partial charge in [0, 0.05) is 23.6 Å². The van der Waals surface area contributed by atoms with Crippen LogP contribution >= 0.6 is 0 Å². The molecule has 1 unspecified atom stereocenters. The van der Waals surface area contributed by atoms with Crippen molar-refractivity contribution in [1.82, 2.24) is 0 Å². The number of hydrogen-bond donors (Lipinski definition) is 2. The van der Waals surface area contributed by atoms with Gasteiger partial charge in [0.1, 0.15) is 0 Å². The number of hydrogen-bond acceptors (Lipinski definition) is 6. The molecule has 6 nitrogen and oxygen atoms in total. The molecule has 6 heteroatoms. The number of rotatable bonds is 29. The molecule has 0 bridgehead atoms. The monoisotopic (exact) mass is 651 g/mol. The first kappa shape index (κ1) is 40.2.